The summed E-state index contributed by atoms with van der Waals surface area (Å²) in [6, 6.07) is 0. The molecule has 2 atom stereocenters. The van der Waals surface area contributed by atoms with Gasteiger partial charge in [-0.05, 0) is 42.8 Å². The molecule has 1 nitrogen and oxygen atoms in total. The summed E-state index contributed by atoms with van der Waals surface area (Å²) in [4.78, 5) is 0. The molecule has 1 aliphatic carbocycles. The summed E-state index contributed by atoms with van der Waals surface area (Å²) in [6.07, 6.45) is 6.74. The van der Waals surface area contributed by atoms with Crippen molar-refractivity contribution < 1.29 is 0 Å². The van der Waals surface area contributed by atoms with Crippen LogP contribution in [0.1, 0.15) is 47.5 Å². The molecule has 0 aromatic rings. The van der Waals surface area contributed by atoms with Crippen LogP contribution in [-0.2, 0) is 0 Å². The average Bonchev–Trinajstić information content (AvgIpc) is 2.65. The number of hydrogen-bond acceptors (Lipinski definition) is 1. The number of hydrogen-bond donors (Lipinski definition) is 1. The van der Waals surface area contributed by atoms with Crippen LogP contribution in [0, 0.1) is 0 Å². The van der Waals surface area contributed by atoms with Crippen molar-refractivity contribution in [2.24, 2.45) is 0 Å². The highest BCUT2D eigenvalue weighted by molar-refractivity contribution is 7.17. The minimum Gasteiger partial charge on any atom is -0.394 e. The molecule has 1 fully saturated rings. The molecule has 0 aromatic carbocycles. The van der Waals surface area contributed by atoms with E-state index in [0.717, 1.165) is 5.66 Å². The lowest BCUT2D eigenvalue weighted by Gasteiger charge is -1.97. The van der Waals surface area contributed by atoms with E-state index >= 15 is 0 Å². The summed E-state index contributed by atoms with van der Waals surface area (Å²) in [5.74, 6) is 0. The first-order chi connectivity index (χ1) is 7.27. The largest absolute Gasteiger partial charge is 0.394 e. The third-order valence-electron chi connectivity index (χ3n) is 2.04. The van der Waals surface area contributed by atoms with Crippen molar-refractivity contribution in [1.82, 2.24) is 5.32 Å². The maximum absolute atomic E-state index is 3.08. The van der Waals surface area contributed by atoms with E-state index < -0.39 is 0 Å². The third kappa shape index (κ3) is 6.73. The van der Waals surface area contributed by atoms with Gasteiger partial charge in [-0.2, -0.15) is 0 Å². The van der Waals surface area contributed by atoms with E-state index in [1.807, 2.05) is 34.7 Å². The molecular formula is C13H28NP. The van der Waals surface area contributed by atoms with Gasteiger partial charge >= 0.3 is 0 Å². The number of allylic oxidation sites excluding steroid dienone is 3. The van der Waals surface area contributed by atoms with Crippen LogP contribution in [0.5, 0.6) is 0 Å². The first kappa shape index (κ1) is 17.1. The predicted octanol–water partition coefficient (Wildman–Crippen LogP) is 4.13. The van der Waals surface area contributed by atoms with Crippen LogP contribution < -0.4 is 5.32 Å². The van der Waals surface area contributed by atoms with Gasteiger partial charge in [-0.15, -0.1) is 9.24 Å². The van der Waals surface area contributed by atoms with Crippen LogP contribution >= 0.6 is 9.24 Å². The molecule has 1 rings (SSSR count). The van der Waals surface area contributed by atoms with Crippen molar-refractivity contribution in [3.8, 4) is 0 Å². The Morgan fingerprint density at radius 3 is 2.00 bits per heavy atom. The van der Waals surface area contributed by atoms with Crippen molar-refractivity contribution in [3.05, 3.63) is 23.4 Å². The third-order valence-corrected chi connectivity index (χ3v) is 2.52. The predicted molar refractivity (Wildman–Crippen MR) is 76.3 cm³/mol. The average molecular weight is 229 g/mol. The Morgan fingerprint density at radius 1 is 1.13 bits per heavy atom. The Bertz CT molecular complexity index is 195. The Hall–Kier alpha value is -0.290. The normalized spacial score (nSPS) is 24.1. The fraction of sp³-hybridized carbons (Fsp3) is 0.692. The second kappa shape index (κ2) is 11.8. The summed E-state index contributed by atoms with van der Waals surface area (Å²) < 4.78 is 0. The van der Waals surface area contributed by atoms with E-state index in [1.165, 1.54) is 24.0 Å². The monoisotopic (exact) mass is 229 g/mol. The zero-order chi connectivity index (χ0) is 12.3. The fourth-order valence-corrected chi connectivity index (χ4v) is 2.04. The summed E-state index contributed by atoms with van der Waals surface area (Å²) in [5.41, 5.74) is 3.72. The first-order valence-electron chi connectivity index (χ1n) is 6.05. The van der Waals surface area contributed by atoms with Crippen LogP contribution in [0.25, 0.3) is 0 Å². The lowest BCUT2D eigenvalue weighted by molar-refractivity contribution is 0.950. The first-order valence-corrected chi connectivity index (χ1v) is 6.72. The van der Waals surface area contributed by atoms with Gasteiger partial charge in [0.1, 0.15) is 0 Å². The zero-order valence-corrected chi connectivity index (χ0v) is 12.4. The Labute approximate surface area is 98.6 Å². The maximum Gasteiger partial charge on any atom is 0.00278 e. The molecule has 0 spiro atoms. The van der Waals surface area contributed by atoms with Gasteiger partial charge in [-0.25, -0.2) is 0 Å². The molecule has 0 aromatic heterocycles. The molecule has 0 bridgehead atoms. The van der Waals surface area contributed by atoms with Crippen LogP contribution in [0.4, 0.5) is 0 Å². The van der Waals surface area contributed by atoms with E-state index in [9.17, 15) is 0 Å². The standard InChI is InChI=1S/C9H16NP.2C2H6/c1-3-7-4-9(11)5-8(7)6-10-2;2*1-2/h3,6,9-10H,4-5,11H2,1-2H3;2*1-2H3/b7-3-,8-6-;;. The van der Waals surface area contributed by atoms with E-state index in [1.54, 1.807) is 0 Å². The van der Waals surface area contributed by atoms with Gasteiger partial charge in [0, 0.05) is 7.05 Å². The Balaban J connectivity index is 0. The van der Waals surface area contributed by atoms with Crippen molar-refractivity contribution in [1.29, 1.82) is 0 Å². The molecule has 90 valence electrons. The molecular weight excluding hydrogens is 201 g/mol. The molecule has 0 radical (unpaired) electrons. The van der Waals surface area contributed by atoms with Crippen molar-refractivity contribution >= 4 is 9.24 Å². The minimum atomic E-state index is 0.751. The molecule has 15 heavy (non-hydrogen) atoms. The molecule has 0 amide bonds. The van der Waals surface area contributed by atoms with Gasteiger partial charge in [0.05, 0.1) is 0 Å². The highest BCUT2D eigenvalue weighted by Gasteiger charge is 2.19. The second-order valence-electron chi connectivity index (χ2n) is 2.94. The summed E-state index contributed by atoms with van der Waals surface area (Å²) in [6.45, 7) is 10.1. The van der Waals surface area contributed by atoms with Gasteiger partial charge < -0.3 is 5.32 Å². The van der Waals surface area contributed by atoms with Gasteiger partial charge in [-0.1, -0.05) is 33.8 Å². The lowest BCUT2D eigenvalue weighted by atomic mass is 10.1. The quantitative estimate of drug-likeness (QED) is 0.667. The van der Waals surface area contributed by atoms with Gasteiger partial charge in [-0.3, -0.25) is 0 Å². The maximum atomic E-state index is 3.08. The number of nitrogens with one attached hydrogen (secondary N) is 1. The van der Waals surface area contributed by atoms with Crippen LogP contribution in [0.15, 0.2) is 23.4 Å². The molecule has 1 aliphatic rings. The van der Waals surface area contributed by atoms with E-state index in [-0.39, 0.29) is 0 Å². The van der Waals surface area contributed by atoms with E-state index in [2.05, 4.69) is 33.8 Å². The molecule has 1 N–H and O–H groups in total. The lowest BCUT2D eigenvalue weighted by Crippen LogP contribution is -1.95. The zero-order valence-electron chi connectivity index (χ0n) is 11.2. The molecule has 0 saturated heterocycles. The molecule has 0 aliphatic heterocycles. The number of rotatable bonds is 1. The minimum absolute atomic E-state index is 0.751. The van der Waals surface area contributed by atoms with Crippen molar-refractivity contribution in [2.45, 2.75) is 53.1 Å². The topological polar surface area (TPSA) is 12.0 Å². The second-order valence-corrected chi connectivity index (χ2v) is 3.88. The molecule has 0 heterocycles. The van der Waals surface area contributed by atoms with E-state index in [0.29, 0.717) is 0 Å². The highest BCUT2D eigenvalue weighted by Crippen LogP contribution is 2.34. The summed E-state index contributed by atoms with van der Waals surface area (Å²) >= 11 is 0. The fourth-order valence-electron chi connectivity index (χ4n) is 1.53. The van der Waals surface area contributed by atoms with Crippen LogP contribution in [-0.4, -0.2) is 12.7 Å². The van der Waals surface area contributed by atoms with Crippen molar-refractivity contribution in [2.75, 3.05) is 7.05 Å². The summed E-state index contributed by atoms with van der Waals surface area (Å²) in [7, 11) is 4.84. The summed E-state index contributed by atoms with van der Waals surface area (Å²) in [5, 5.41) is 3.08. The molecule has 1 saturated carbocycles. The SMILES string of the molecule is C/C=C1/CC(P)C/C1=C/NC.CC.CC. The molecule has 2 unspecified atom stereocenters. The van der Waals surface area contributed by atoms with Gasteiger partial charge in [0.2, 0.25) is 0 Å². The van der Waals surface area contributed by atoms with Crippen LogP contribution in [0.3, 0.4) is 0 Å². The Kier molecular flexibility index (Phi) is 13.4. The van der Waals surface area contributed by atoms with Gasteiger partial charge in [0.15, 0.2) is 0 Å². The van der Waals surface area contributed by atoms with E-state index in [4.69, 9.17) is 0 Å². The van der Waals surface area contributed by atoms with Gasteiger partial charge in [0.25, 0.3) is 0 Å². The smallest absolute Gasteiger partial charge is 0.00278 e. The molecule has 2 heteroatoms. The van der Waals surface area contributed by atoms with Crippen molar-refractivity contribution in [3.63, 3.8) is 0 Å². The Morgan fingerprint density at radius 2 is 1.60 bits per heavy atom. The van der Waals surface area contributed by atoms with Crippen LogP contribution in [0.2, 0.25) is 0 Å². The highest BCUT2D eigenvalue weighted by atomic mass is 31.0.